The Balaban J connectivity index is 2.38. The van der Waals surface area contributed by atoms with Gasteiger partial charge in [-0.15, -0.1) is 0 Å². The molecule has 0 bridgehead atoms. The van der Waals surface area contributed by atoms with Gasteiger partial charge in [-0.25, -0.2) is 17.9 Å². The normalized spacial score (nSPS) is 13.0. The van der Waals surface area contributed by atoms with Crippen LogP contribution in [0.3, 0.4) is 0 Å². The van der Waals surface area contributed by atoms with Crippen molar-refractivity contribution in [1.29, 1.82) is 0 Å². The predicted octanol–water partition coefficient (Wildman–Crippen LogP) is 1.06. The first-order chi connectivity index (χ1) is 10.2. The van der Waals surface area contributed by atoms with Crippen molar-refractivity contribution in [3.63, 3.8) is 0 Å². The van der Waals surface area contributed by atoms with Gasteiger partial charge in [0.25, 0.3) is 5.56 Å². The lowest BCUT2D eigenvalue weighted by Crippen LogP contribution is -2.35. The van der Waals surface area contributed by atoms with Gasteiger partial charge in [0.05, 0.1) is 0 Å². The van der Waals surface area contributed by atoms with Crippen LogP contribution in [0, 0.1) is 6.92 Å². The largest absolute Gasteiger partial charge is 0.325 e. The lowest BCUT2D eigenvalue weighted by atomic mass is 10.1. The molecule has 7 nitrogen and oxygen atoms in total. The van der Waals surface area contributed by atoms with Crippen molar-refractivity contribution >= 4 is 21.6 Å². The molecule has 0 aliphatic rings. The Labute approximate surface area is 131 Å². The van der Waals surface area contributed by atoms with E-state index in [1.807, 2.05) is 4.98 Å². The predicted molar refractivity (Wildman–Crippen MR) is 82.6 cm³/mol. The van der Waals surface area contributed by atoms with E-state index in [0.29, 0.717) is 10.6 Å². The molecule has 9 heteroatoms. The van der Waals surface area contributed by atoms with Crippen molar-refractivity contribution in [3.05, 3.63) is 61.4 Å². The highest BCUT2D eigenvalue weighted by Crippen LogP contribution is 2.18. The molecular formula is C13H14ClN3O4S. The maximum Gasteiger partial charge on any atom is 0.325 e. The van der Waals surface area contributed by atoms with E-state index in [4.69, 9.17) is 11.6 Å². The molecule has 118 valence electrons. The maximum atomic E-state index is 12.4. The quantitative estimate of drug-likeness (QED) is 0.770. The number of aryl methyl sites for hydroxylation is 1. The number of H-pyrrole nitrogens is 2. The lowest BCUT2D eigenvalue weighted by Gasteiger charge is -2.15. The van der Waals surface area contributed by atoms with Crippen LogP contribution in [0.15, 0.2) is 38.8 Å². The smallest absolute Gasteiger partial charge is 0.310 e. The molecule has 2 aromatic rings. The second kappa shape index (κ2) is 6.07. The Hall–Kier alpha value is -1.90. The third-order valence-corrected chi connectivity index (χ3v) is 4.99. The Morgan fingerprint density at radius 2 is 1.73 bits per heavy atom. The fourth-order valence-electron chi connectivity index (χ4n) is 2.02. The summed E-state index contributed by atoms with van der Waals surface area (Å²) in [4.78, 5) is 26.5. The third-order valence-electron chi connectivity index (χ3n) is 3.05. The van der Waals surface area contributed by atoms with Crippen molar-refractivity contribution < 1.29 is 8.42 Å². The summed E-state index contributed by atoms with van der Waals surface area (Å²) in [5.41, 5.74) is -1.06. The Kier molecular flexibility index (Phi) is 4.55. The fraction of sp³-hybridized carbons (Fsp3) is 0.231. The van der Waals surface area contributed by atoms with Crippen LogP contribution < -0.4 is 16.0 Å². The minimum atomic E-state index is -4.09. The topological polar surface area (TPSA) is 112 Å². The molecule has 0 aliphatic heterocycles. The van der Waals surface area contributed by atoms with Crippen LogP contribution in [0.5, 0.6) is 0 Å². The lowest BCUT2D eigenvalue weighted by molar-refractivity contribution is 0.563. The average molecular weight is 344 g/mol. The molecule has 0 saturated carbocycles. The van der Waals surface area contributed by atoms with Crippen LogP contribution in [0.2, 0.25) is 5.02 Å². The van der Waals surface area contributed by atoms with Gasteiger partial charge in [0.1, 0.15) is 0 Å². The zero-order valence-corrected chi connectivity index (χ0v) is 13.4. The van der Waals surface area contributed by atoms with Crippen LogP contribution in [-0.2, 0) is 10.0 Å². The van der Waals surface area contributed by atoms with E-state index in [1.165, 1.54) is 6.92 Å². The van der Waals surface area contributed by atoms with Crippen LogP contribution >= 0.6 is 11.6 Å². The number of aromatic nitrogens is 2. The summed E-state index contributed by atoms with van der Waals surface area (Å²) < 4.78 is 27.1. The van der Waals surface area contributed by atoms with Gasteiger partial charge in [0.15, 0.2) is 4.90 Å². The Bertz CT molecular complexity index is 900. The SMILES string of the molecule is Cc1[nH]c(=O)[nH]c(=O)c1S(=O)(=O)N[C@@H](C)c1ccc(Cl)cc1. The van der Waals surface area contributed by atoms with Gasteiger partial charge < -0.3 is 4.98 Å². The second-order valence-electron chi connectivity index (χ2n) is 4.76. The summed E-state index contributed by atoms with van der Waals surface area (Å²) in [5, 5.41) is 0.534. The average Bonchev–Trinajstić information content (AvgIpc) is 2.36. The number of aromatic amines is 2. The standard InChI is InChI=1S/C13H14ClN3O4S/c1-7(9-3-5-10(14)6-4-9)17-22(20,21)11-8(2)15-13(19)16-12(11)18/h3-7,17H,1-2H3,(H2,15,16,18,19)/t7-/m0/s1. The summed E-state index contributed by atoms with van der Waals surface area (Å²) >= 11 is 5.78. The molecule has 0 unspecified atom stereocenters. The zero-order chi connectivity index (χ0) is 16.5. The molecule has 0 saturated heterocycles. The van der Waals surface area contributed by atoms with E-state index < -0.39 is 32.2 Å². The van der Waals surface area contributed by atoms with Crippen molar-refractivity contribution in [1.82, 2.24) is 14.7 Å². The summed E-state index contributed by atoms with van der Waals surface area (Å²) in [7, 11) is -4.09. The molecular weight excluding hydrogens is 330 g/mol. The number of hydrogen-bond acceptors (Lipinski definition) is 4. The number of sulfonamides is 1. The van der Waals surface area contributed by atoms with Gasteiger partial charge in [0, 0.05) is 16.8 Å². The fourth-order valence-corrected chi connectivity index (χ4v) is 3.62. The van der Waals surface area contributed by atoms with Crippen LogP contribution in [0.1, 0.15) is 24.2 Å². The third kappa shape index (κ3) is 3.46. The first-order valence-electron chi connectivity index (χ1n) is 6.31. The van der Waals surface area contributed by atoms with Crippen molar-refractivity contribution in [3.8, 4) is 0 Å². The van der Waals surface area contributed by atoms with E-state index in [2.05, 4.69) is 9.71 Å². The number of nitrogens with one attached hydrogen (secondary N) is 3. The number of hydrogen-bond donors (Lipinski definition) is 3. The van der Waals surface area contributed by atoms with E-state index in [-0.39, 0.29) is 5.69 Å². The minimum Gasteiger partial charge on any atom is -0.310 e. The van der Waals surface area contributed by atoms with Gasteiger partial charge in [-0.3, -0.25) is 9.78 Å². The molecule has 0 radical (unpaired) electrons. The van der Waals surface area contributed by atoms with Gasteiger partial charge in [0.2, 0.25) is 10.0 Å². The van der Waals surface area contributed by atoms with E-state index in [9.17, 15) is 18.0 Å². The molecule has 1 atom stereocenters. The highest BCUT2D eigenvalue weighted by Gasteiger charge is 2.24. The van der Waals surface area contributed by atoms with Gasteiger partial charge >= 0.3 is 5.69 Å². The molecule has 0 fully saturated rings. The molecule has 3 N–H and O–H groups in total. The Morgan fingerprint density at radius 3 is 2.27 bits per heavy atom. The molecule has 1 heterocycles. The molecule has 0 aliphatic carbocycles. The van der Waals surface area contributed by atoms with Crippen molar-refractivity contribution in [2.24, 2.45) is 0 Å². The van der Waals surface area contributed by atoms with Crippen molar-refractivity contribution in [2.45, 2.75) is 24.8 Å². The number of rotatable bonds is 4. The molecule has 0 spiro atoms. The summed E-state index contributed by atoms with van der Waals surface area (Å²) in [6.07, 6.45) is 0. The second-order valence-corrected chi connectivity index (χ2v) is 6.84. The first kappa shape index (κ1) is 16.5. The number of benzene rings is 1. The maximum absolute atomic E-state index is 12.4. The zero-order valence-electron chi connectivity index (χ0n) is 11.8. The van der Waals surface area contributed by atoms with Gasteiger partial charge in [-0.1, -0.05) is 23.7 Å². The highest BCUT2D eigenvalue weighted by molar-refractivity contribution is 7.89. The highest BCUT2D eigenvalue weighted by atomic mass is 35.5. The summed E-state index contributed by atoms with van der Waals surface area (Å²) in [6.45, 7) is 2.98. The summed E-state index contributed by atoms with van der Waals surface area (Å²) in [5.74, 6) is 0. The van der Waals surface area contributed by atoms with Gasteiger partial charge in [-0.05, 0) is 31.5 Å². The van der Waals surface area contributed by atoms with Gasteiger partial charge in [-0.2, -0.15) is 0 Å². The summed E-state index contributed by atoms with van der Waals surface area (Å²) in [6, 6.07) is 6.06. The molecule has 0 amide bonds. The van der Waals surface area contributed by atoms with E-state index in [1.54, 1.807) is 31.2 Å². The first-order valence-corrected chi connectivity index (χ1v) is 8.18. The number of halogens is 1. The molecule has 2 rings (SSSR count). The van der Waals surface area contributed by atoms with Crippen LogP contribution in [0.25, 0.3) is 0 Å². The molecule has 1 aromatic heterocycles. The van der Waals surface area contributed by atoms with E-state index >= 15 is 0 Å². The van der Waals surface area contributed by atoms with E-state index in [0.717, 1.165) is 0 Å². The molecule has 22 heavy (non-hydrogen) atoms. The Morgan fingerprint density at radius 1 is 1.14 bits per heavy atom. The monoisotopic (exact) mass is 343 g/mol. The minimum absolute atomic E-state index is 0.0236. The van der Waals surface area contributed by atoms with Crippen LogP contribution in [-0.4, -0.2) is 18.4 Å². The van der Waals surface area contributed by atoms with Crippen LogP contribution in [0.4, 0.5) is 0 Å². The molecule has 1 aromatic carbocycles. The van der Waals surface area contributed by atoms with Crippen molar-refractivity contribution in [2.75, 3.05) is 0 Å².